The largest absolute Gasteiger partial charge is 0.494 e. The molecule has 0 radical (unpaired) electrons. The highest BCUT2D eigenvalue weighted by Gasteiger charge is 2.09. The van der Waals surface area contributed by atoms with Gasteiger partial charge in [-0.1, -0.05) is 0 Å². The average Bonchev–Trinajstić information content (AvgIpc) is 2.30. The van der Waals surface area contributed by atoms with Crippen LogP contribution in [0.4, 0.5) is 0 Å². The van der Waals surface area contributed by atoms with E-state index in [4.69, 9.17) is 9.84 Å². The number of carbonyl (C=O) groups excluding carboxylic acids is 1. The molecule has 4 heteroatoms. The van der Waals surface area contributed by atoms with Crippen LogP contribution in [0.1, 0.15) is 30.6 Å². The van der Waals surface area contributed by atoms with Gasteiger partial charge in [-0.15, -0.1) is 0 Å². The Morgan fingerprint density at radius 3 is 2.59 bits per heavy atom. The van der Waals surface area contributed by atoms with Crippen LogP contribution in [0.25, 0.3) is 0 Å². The van der Waals surface area contributed by atoms with E-state index in [0.717, 1.165) is 5.75 Å². The maximum Gasteiger partial charge on any atom is 0.251 e. The van der Waals surface area contributed by atoms with Crippen molar-refractivity contribution in [2.75, 3.05) is 13.2 Å². The summed E-state index contributed by atoms with van der Waals surface area (Å²) in [6.45, 7) is 4.46. The number of ether oxygens (including phenoxy) is 1. The van der Waals surface area contributed by atoms with Gasteiger partial charge in [-0.3, -0.25) is 4.79 Å². The Morgan fingerprint density at radius 1 is 1.41 bits per heavy atom. The Labute approximate surface area is 102 Å². The first-order valence-electron chi connectivity index (χ1n) is 5.82. The van der Waals surface area contributed by atoms with Gasteiger partial charge >= 0.3 is 0 Å². The summed E-state index contributed by atoms with van der Waals surface area (Å²) >= 11 is 0. The summed E-state index contributed by atoms with van der Waals surface area (Å²) in [4.78, 5) is 11.8. The molecule has 0 heterocycles. The fraction of sp³-hybridized carbons (Fsp3) is 0.462. The third kappa shape index (κ3) is 4.44. The van der Waals surface area contributed by atoms with Crippen LogP contribution in [0, 0.1) is 0 Å². The van der Waals surface area contributed by atoms with E-state index in [-0.39, 0.29) is 18.6 Å². The summed E-state index contributed by atoms with van der Waals surface area (Å²) in [5.41, 5.74) is 0.596. The molecule has 1 aromatic rings. The maximum absolute atomic E-state index is 11.8. The predicted molar refractivity (Wildman–Crippen MR) is 66.2 cm³/mol. The average molecular weight is 237 g/mol. The van der Waals surface area contributed by atoms with Gasteiger partial charge < -0.3 is 15.2 Å². The molecular weight excluding hydrogens is 218 g/mol. The molecule has 0 saturated carbocycles. The monoisotopic (exact) mass is 237 g/mol. The van der Waals surface area contributed by atoms with E-state index in [2.05, 4.69) is 5.32 Å². The van der Waals surface area contributed by atoms with Crippen molar-refractivity contribution in [1.29, 1.82) is 0 Å². The molecule has 1 rings (SSSR count). The second-order valence-corrected chi connectivity index (χ2v) is 3.84. The second kappa shape index (κ2) is 6.91. The number of nitrogens with one attached hydrogen (secondary N) is 1. The van der Waals surface area contributed by atoms with Gasteiger partial charge in [0, 0.05) is 18.2 Å². The smallest absolute Gasteiger partial charge is 0.251 e. The fourth-order valence-electron chi connectivity index (χ4n) is 1.44. The summed E-state index contributed by atoms with van der Waals surface area (Å²) in [5, 5.41) is 11.6. The van der Waals surface area contributed by atoms with Crippen molar-refractivity contribution in [2.24, 2.45) is 0 Å². The molecule has 4 nitrogen and oxygen atoms in total. The van der Waals surface area contributed by atoms with Crippen LogP contribution >= 0.6 is 0 Å². The van der Waals surface area contributed by atoms with E-state index in [9.17, 15) is 4.79 Å². The first-order chi connectivity index (χ1) is 8.17. The zero-order valence-corrected chi connectivity index (χ0v) is 10.3. The van der Waals surface area contributed by atoms with E-state index >= 15 is 0 Å². The molecule has 1 amide bonds. The van der Waals surface area contributed by atoms with E-state index in [1.807, 2.05) is 13.8 Å². The van der Waals surface area contributed by atoms with Gasteiger partial charge in [-0.05, 0) is 44.5 Å². The highest BCUT2D eigenvalue weighted by Crippen LogP contribution is 2.12. The molecule has 0 aromatic heterocycles. The Hall–Kier alpha value is -1.55. The lowest BCUT2D eigenvalue weighted by molar-refractivity contribution is 0.0934. The lowest BCUT2D eigenvalue weighted by atomic mass is 10.1. The van der Waals surface area contributed by atoms with Crippen molar-refractivity contribution in [1.82, 2.24) is 5.32 Å². The van der Waals surface area contributed by atoms with Crippen molar-refractivity contribution in [3.8, 4) is 5.75 Å². The van der Waals surface area contributed by atoms with Crippen LogP contribution in [0.5, 0.6) is 5.75 Å². The normalized spacial score (nSPS) is 11.9. The standard InChI is InChI=1S/C13H19NO3/c1-3-17-12-6-4-11(5-7-12)13(16)14-10(2)8-9-15/h4-7,10,15H,3,8-9H2,1-2H3,(H,14,16). The van der Waals surface area contributed by atoms with Gasteiger partial charge in [0.25, 0.3) is 5.91 Å². The van der Waals surface area contributed by atoms with Gasteiger partial charge in [0.15, 0.2) is 0 Å². The van der Waals surface area contributed by atoms with Crippen LogP contribution < -0.4 is 10.1 Å². The molecule has 1 atom stereocenters. The van der Waals surface area contributed by atoms with Gasteiger partial charge in [0.1, 0.15) is 5.75 Å². The maximum atomic E-state index is 11.8. The topological polar surface area (TPSA) is 58.6 Å². The number of aliphatic hydroxyl groups is 1. The van der Waals surface area contributed by atoms with E-state index in [0.29, 0.717) is 18.6 Å². The van der Waals surface area contributed by atoms with Crippen LogP contribution in [-0.2, 0) is 0 Å². The molecule has 1 unspecified atom stereocenters. The van der Waals surface area contributed by atoms with Crippen LogP contribution in [-0.4, -0.2) is 30.3 Å². The summed E-state index contributed by atoms with van der Waals surface area (Å²) < 4.78 is 5.30. The molecule has 0 aliphatic heterocycles. The summed E-state index contributed by atoms with van der Waals surface area (Å²) in [6.07, 6.45) is 0.558. The van der Waals surface area contributed by atoms with E-state index < -0.39 is 0 Å². The van der Waals surface area contributed by atoms with Crippen LogP contribution in [0.15, 0.2) is 24.3 Å². The molecule has 1 aromatic carbocycles. The number of rotatable bonds is 6. The molecular formula is C13H19NO3. The predicted octanol–water partition coefficient (Wildman–Crippen LogP) is 1.59. The van der Waals surface area contributed by atoms with Crippen molar-refractivity contribution >= 4 is 5.91 Å². The molecule has 17 heavy (non-hydrogen) atoms. The summed E-state index contributed by atoms with van der Waals surface area (Å²) in [6, 6.07) is 6.97. The molecule has 94 valence electrons. The number of hydrogen-bond acceptors (Lipinski definition) is 3. The van der Waals surface area contributed by atoms with Gasteiger partial charge in [0.2, 0.25) is 0 Å². The number of aliphatic hydroxyl groups excluding tert-OH is 1. The van der Waals surface area contributed by atoms with Gasteiger partial charge in [-0.25, -0.2) is 0 Å². The van der Waals surface area contributed by atoms with Crippen molar-refractivity contribution in [3.63, 3.8) is 0 Å². The first-order valence-corrected chi connectivity index (χ1v) is 5.82. The molecule has 0 bridgehead atoms. The second-order valence-electron chi connectivity index (χ2n) is 3.84. The molecule has 2 N–H and O–H groups in total. The van der Waals surface area contributed by atoms with Crippen molar-refractivity contribution in [3.05, 3.63) is 29.8 Å². The van der Waals surface area contributed by atoms with Gasteiger partial charge in [-0.2, -0.15) is 0 Å². The molecule has 0 aliphatic carbocycles. The minimum atomic E-state index is -0.131. The number of benzene rings is 1. The number of hydrogen-bond donors (Lipinski definition) is 2. The number of carbonyl (C=O) groups is 1. The van der Waals surface area contributed by atoms with E-state index in [1.165, 1.54) is 0 Å². The van der Waals surface area contributed by atoms with Gasteiger partial charge in [0.05, 0.1) is 6.61 Å². The number of amides is 1. The fourth-order valence-corrected chi connectivity index (χ4v) is 1.44. The minimum absolute atomic E-state index is 0.0286. The van der Waals surface area contributed by atoms with Crippen molar-refractivity contribution in [2.45, 2.75) is 26.3 Å². The third-order valence-corrected chi connectivity index (χ3v) is 2.37. The van der Waals surface area contributed by atoms with Crippen molar-refractivity contribution < 1.29 is 14.6 Å². The summed E-state index contributed by atoms with van der Waals surface area (Å²) in [5.74, 6) is 0.626. The SMILES string of the molecule is CCOc1ccc(C(=O)NC(C)CCO)cc1. The van der Waals surface area contributed by atoms with Crippen LogP contribution in [0.2, 0.25) is 0 Å². The Morgan fingerprint density at radius 2 is 2.06 bits per heavy atom. The first kappa shape index (κ1) is 13.5. The lowest BCUT2D eigenvalue weighted by Crippen LogP contribution is -2.33. The molecule has 0 fully saturated rings. The molecule has 0 saturated heterocycles. The zero-order chi connectivity index (χ0) is 12.7. The Kier molecular flexibility index (Phi) is 5.49. The quantitative estimate of drug-likeness (QED) is 0.790. The minimum Gasteiger partial charge on any atom is -0.494 e. The molecule has 0 spiro atoms. The highest BCUT2D eigenvalue weighted by atomic mass is 16.5. The third-order valence-electron chi connectivity index (χ3n) is 2.37. The lowest BCUT2D eigenvalue weighted by Gasteiger charge is -2.12. The highest BCUT2D eigenvalue weighted by molar-refractivity contribution is 5.94. The Bertz CT molecular complexity index is 348. The Balaban J connectivity index is 2.57. The zero-order valence-electron chi connectivity index (χ0n) is 10.3. The van der Waals surface area contributed by atoms with Crippen LogP contribution in [0.3, 0.4) is 0 Å². The molecule has 0 aliphatic rings. The summed E-state index contributed by atoms with van der Waals surface area (Å²) in [7, 11) is 0. The van der Waals surface area contributed by atoms with E-state index in [1.54, 1.807) is 24.3 Å².